The van der Waals surface area contributed by atoms with Gasteiger partial charge in [-0.3, -0.25) is 4.90 Å². The number of nitrogens with one attached hydrogen (secondary N) is 1. The molecule has 7 nitrogen and oxygen atoms in total. The molecule has 1 aliphatic rings. The molecule has 1 aromatic heterocycles. The molecule has 1 aromatic carbocycles. The third-order valence-corrected chi connectivity index (χ3v) is 5.15. The van der Waals surface area contributed by atoms with Crippen LogP contribution < -0.4 is 10.2 Å². The Labute approximate surface area is 168 Å². The monoisotopic (exact) mass is 456 g/mol. The number of benzene rings is 1. The molecule has 0 saturated carbocycles. The minimum Gasteiger partial charge on any atom is -0.447 e. The summed E-state index contributed by atoms with van der Waals surface area (Å²) in [6, 6.07) is 3.18. The fourth-order valence-electron chi connectivity index (χ4n) is 2.95. The van der Waals surface area contributed by atoms with E-state index in [9.17, 15) is 18.7 Å². The molecule has 3 atom stereocenters. The van der Waals surface area contributed by atoms with Crippen LogP contribution in [-0.2, 0) is 4.74 Å². The summed E-state index contributed by atoms with van der Waals surface area (Å²) in [5.74, 6) is -1.58. The fourth-order valence-corrected chi connectivity index (χ4v) is 3.26. The Bertz CT molecular complexity index is 886. The van der Waals surface area contributed by atoms with Crippen molar-refractivity contribution < 1.29 is 23.4 Å². The number of nitrogens with zero attached hydrogens (tertiary/aromatic N) is 3. The molecule has 2 heterocycles. The van der Waals surface area contributed by atoms with Crippen molar-refractivity contribution in [3.8, 4) is 0 Å². The Kier molecular flexibility index (Phi) is 6.09. The first-order valence-electron chi connectivity index (χ1n) is 8.70. The molecule has 1 saturated heterocycles. The molecule has 1 amide bonds. The van der Waals surface area contributed by atoms with Crippen LogP contribution in [0.3, 0.4) is 0 Å². The third kappa shape index (κ3) is 3.93. The van der Waals surface area contributed by atoms with Crippen molar-refractivity contribution in [2.45, 2.75) is 38.5 Å². The van der Waals surface area contributed by atoms with Gasteiger partial charge in [0.1, 0.15) is 18.5 Å². The van der Waals surface area contributed by atoms with Crippen LogP contribution in [-0.4, -0.2) is 39.9 Å². The molecular weight excluding hydrogens is 438 g/mol. The van der Waals surface area contributed by atoms with Gasteiger partial charge in [0.05, 0.1) is 16.6 Å². The van der Waals surface area contributed by atoms with Crippen LogP contribution in [0.25, 0.3) is 0 Å². The van der Waals surface area contributed by atoms with Gasteiger partial charge in [0, 0.05) is 11.8 Å². The van der Waals surface area contributed by atoms with Crippen molar-refractivity contribution in [3.63, 3.8) is 0 Å². The summed E-state index contributed by atoms with van der Waals surface area (Å²) in [4.78, 5) is 21.7. The predicted molar refractivity (Wildman–Crippen MR) is 102 cm³/mol. The van der Waals surface area contributed by atoms with Crippen LogP contribution in [0.4, 0.5) is 25.3 Å². The van der Waals surface area contributed by atoms with Crippen LogP contribution in [0.15, 0.2) is 28.9 Å². The van der Waals surface area contributed by atoms with Gasteiger partial charge in [-0.25, -0.2) is 18.6 Å². The Hall–Kier alpha value is -2.33. The maximum Gasteiger partial charge on any atom is 0.416 e. The average Bonchev–Trinajstić information content (AvgIpc) is 3.07. The van der Waals surface area contributed by atoms with E-state index in [-0.39, 0.29) is 28.4 Å². The van der Waals surface area contributed by atoms with Gasteiger partial charge < -0.3 is 15.2 Å². The van der Waals surface area contributed by atoms with Crippen molar-refractivity contribution >= 4 is 33.8 Å². The molecule has 0 radical (unpaired) electrons. The summed E-state index contributed by atoms with van der Waals surface area (Å²) >= 11 is 2.94. The number of carbonyl (C=O) groups is 1. The van der Waals surface area contributed by atoms with E-state index in [2.05, 4.69) is 31.2 Å². The highest BCUT2D eigenvalue weighted by Crippen LogP contribution is 2.28. The molecule has 1 fully saturated rings. The van der Waals surface area contributed by atoms with Gasteiger partial charge in [-0.15, -0.1) is 0 Å². The van der Waals surface area contributed by atoms with Gasteiger partial charge in [0.2, 0.25) is 5.95 Å². The highest BCUT2D eigenvalue weighted by molar-refractivity contribution is 9.10. The smallest absolute Gasteiger partial charge is 0.416 e. The predicted octanol–water partition coefficient (Wildman–Crippen LogP) is 3.79. The van der Waals surface area contributed by atoms with Crippen LogP contribution in [0.1, 0.15) is 31.9 Å². The van der Waals surface area contributed by atoms with E-state index in [1.54, 1.807) is 13.8 Å². The first kappa shape index (κ1) is 20.4. The number of hydrogen-bond acceptors (Lipinski definition) is 6. The summed E-state index contributed by atoms with van der Waals surface area (Å²) < 4.78 is 33.1. The molecule has 1 aliphatic heterocycles. The van der Waals surface area contributed by atoms with Crippen molar-refractivity contribution in [1.82, 2.24) is 9.97 Å². The van der Waals surface area contributed by atoms with Crippen LogP contribution in [0.5, 0.6) is 0 Å². The zero-order chi connectivity index (χ0) is 20.4. The number of aromatic nitrogens is 2. The minimum atomic E-state index is -0.975. The topological polar surface area (TPSA) is 87.6 Å². The zero-order valence-electron chi connectivity index (χ0n) is 15.2. The molecule has 150 valence electrons. The van der Waals surface area contributed by atoms with Crippen molar-refractivity contribution in [2.24, 2.45) is 0 Å². The van der Waals surface area contributed by atoms with Crippen molar-refractivity contribution in [1.29, 1.82) is 0 Å². The quantitative estimate of drug-likeness (QED) is 0.643. The molecule has 0 unspecified atom stereocenters. The van der Waals surface area contributed by atoms with Crippen molar-refractivity contribution in [3.05, 3.63) is 46.1 Å². The second-order valence-electron chi connectivity index (χ2n) is 6.36. The van der Waals surface area contributed by atoms with E-state index in [0.717, 1.165) is 0 Å². The summed E-state index contributed by atoms with van der Waals surface area (Å²) in [5.41, 5.74) is 0.106. The number of anilines is 2. The SMILES string of the molecule is CC[C@@H](O)[C@H]1COC(=O)N1c1ccnc(N[C@@H](C)c2ccc(Br)c(F)c2F)n1. The van der Waals surface area contributed by atoms with Gasteiger partial charge in [-0.2, -0.15) is 4.98 Å². The van der Waals surface area contributed by atoms with Crippen molar-refractivity contribution in [2.75, 3.05) is 16.8 Å². The minimum absolute atomic E-state index is 0.0345. The molecule has 28 heavy (non-hydrogen) atoms. The standard InChI is InChI=1S/C18H19BrF2N4O3/c1-3-13(26)12-8-28-18(27)25(12)14-6-7-22-17(24-14)23-9(2)10-4-5-11(19)16(21)15(10)20/h4-7,9,12-13,26H,3,8H2,1-2H3,(H,22,23,24)/t9-,12+,13+/m0/s1. The lowest BCUT2D eigenvalue weighted by molar-refractivity contribution is 0.125. The molecular formula is C18H19BrF2N4O3. The summed E-state index contributed by atoms with van der Waals surface area (Å²) in [7, 11) is 0. The highest BCUT2D eigenvalue weighted by atomic mass is 79.9. The normalized spacial score (nSPS) is 18.7. The molecule has 0 aliphatic carbocycles. The molecule has 2 N–H and O–H groups in total. The second kappa shape index (κ2) is 8.36. The van der Waals surface area contributed by atoms with E-state index >= 15 is 0 Å². The Morgan fingerprint density at radius 1 is 1.39 bits per heavy atom. The van der Waals surface area contributed by atoms with Gasteiger partial charge in [-0.1, -0.05) is 13.0 Å². The van der Waals surface area contributed by atoms with E-state index in [0.29, 0.717) is 6.42 Å². The maximum atomic E-state index is 14.2. The number of aliphatic hydroxyl groups is 1. The number of hydrogen-bond donors (Lipinski definition) is 2. The van der Waals surface area contributed by atoms with E-state index < -0.39 is 35.9 Å². The van der Waals surface area contributed by atoms with Gasteiger partial charge in [0.15, 0.2) is 11.6 Å². The number of aliphatic hydroxyl groups excluding tert-OH is 1. The first-order valence-corrected chi connectivity index (χ1v) is 9.49. The number of halogens is 3. The molecule has 10 heteroatoms. The molecule has 3 rings (SSSR count). The Balaban J connectivity index is 1.84. The first-order chi connectivity index (χ1) is 13.3. The van der Waals surface area contributed by atoms with E-state index in [1.807, 2.05) is 0 Å². The molecule has 0 spiro atoms. The number of cyclic esters (lactones) is 1. The number of ether oxygens (including phenoxy) is 1. The highest BCUT2D eigenvalue weighted by Gasteiger charge is 2.39. The van der Waals surface area contributed by atoms with Gasteiger partial charge in [-0.05, 0) is 41.4 Å². The number of carbonyl (C=O) groups excluding carboxylic acids is 1. The largest absolute Gasteiger partial charge is 0.447 e. The molecule has 2 aromatic rings. The summed E-state index contributed by atoms with van der Waals surface area (Å²) in [6.45, 7) is 3.49. The molecule has 0 bridgehead atoms. The van der Waals surface area contributed by atoms with Crippen LogP contribution in [0.2, 0.25) is 0 Å². The maximum absolute atomic E-state index is 14.2. The summed E-state index contributed by atoms with van der Waals surface area (Å²) in [6.07, 6.45) is 0.490. The lowest BCUT2D eigenvalue weighted by Gasteiger charge is -2.24. The Morgan fingerprint density at radius 3 is 2.86 bits per heavy atom. The average molecular weight is 457 g/mol. The Morgan fingerprint density at radius 2 is 2.14 bits per heavy atom. The van der Waals surface area contributed by atoms with E-state index in [1.165, 1.54) is 29.3 Å². The number of amides is 1. The van der Waals surface area contributed by atoms with Gasteiger partial charge in [0.25, 0.3) is 0 Å². The lowest BCUT2D eigenvalue weighted by Crippen LogP contribution is -2.42. The third-order valence-electron chi connectivity index (χ3n) is 4.53. The number of rotatable bonds is 6. The van der Waals surface area contributed by atoms with E-state index in [4.69, 9.17) is 4.74 Å². The fraction of sp³-hybridized carbons (Fsp3) is 0.389. The van der Waals surface area contributed by atoms with Gasteiger partial charge >= 0.3 is 6.09 Å². The van der Waals surface area contributed by atoms with Crippen LogP contribution >= 0.6 is 15.9 Å². The van der Waals surface area contributed by atoms with Crippen LogP contribution in [0, 0.1) is 11.6 Å². The summed E-state index contributed by atoms with van der Waals surface area (Å²) in [5, 5.41) is 13.0. The lowest BCUT2D eigenvalue weighted by atomic mass is 10.1. The second-order valence-corrected chi connectivity index (χ2v) is 7.21. The zero-order valence-corrected chi connectivity index (χ0v) is 16.8.